The molecule has 0 aliphatic heterocycles. The van der Waals surface area contributed by atoms with Crippen LogP contribution in [0.25, 0.3) is 11.3 Å². The zero-order valence-electron chi connectivity index (χ0n) is 15.2. The Bertz CT molecular complexity index is 1030. The standard InChI is InChI=1S/C19H15F3N2O4S/c1-26-14-5-3-10(7-12(14)20)13-9-29-19(23-13)24-17(25)11-4-6-15(28-18(21)22)16(8-11)27-2/h3-9,18H,1-2H3,(H,23,24,25). The molecule has 0 fully saturated rings. The number of halogens is 3. The van der Waals surface area contributed by atoms with Crippen LogP contribution in [0.2, 0.25) is 0 Å². The van der Waals surface area contributed by atoms with Crippen molar-refractivity contribution in [3.63, 3.8) is 0 Å². The van der Waals surface area contributed by atoms with E-state index in [1.54, 1.807) is 11.4 Å². The number of carbonyl (C=O) groups is 1. The van der Waals surface area contributed by atoms with E-state index in [1.807, 2.05) is 0 Å². The predicted molar refractivity (Wildman–Crippen MR) is 102 cm³/mol. The van der Waals surface area contributed by atoms with E-state index >= 15 is 0 Å². The number of amides is 1. The fraction of sp³-hybridized carbons (Fsp3) is 0.158. The van der Waals surface area contributed by atoms with Gasteiger partial charge in [0.15, 0.2) is 28.2 Å². The minimum atomic E-state index is -3.01. The second-order valence-corrected chi connectivity index (χ2v) is 6.44. The fourth-order valence-electron chi connectivity index (χ4n) is 2.46. The molecule has 3 aromatic rings. The molecule has 3 rings (SSSR count). The van der Waals surface area contributed by atoms with Crippen LogP contribution < -0.4 is 19.5 Å². The number of carbonyl (C=O) groups excluding carboxylic acids is 1. The van der Waals surface area contributed by atoms with Gasteiger partial charge >= 0.3 is 6.61 Å². The van der Waals surface area contributed by atoms with Gasteiger partial charge in [-0.25, -0.2) is 9.37 Å². The van der Waals surface area contributed by atoms with E-state index in [-0.39, 0.29) is 27.9 Å². The SMILES string of the molecule is COc1ccc(-c2csc(NC(=O)c3ccc(OC(F)F)c(OC)c3)n2)cc1F. The summed E-state index contributed by atoms with van der Waals surface area (Å²) in [5.41, 5.74) is 1.16. The molecular formula is C19H15F3N2O4S. The van der Waals surface area contributed by atoms with Crippen molar-refractivity contribution in [3.05, 3.63) is 53.2 Å². The second kappa shape index (κ2) is 8.82. The molecule has 0 saturated carbocycles. The van der Waals surface area contributed by atoms with Gasteiger partial charge in [-0.1, -0.05) is 0 Å². The summed E-state index contributed by atoms with van der Waals surface area (Å²) in [6.07, 6.45) is 0. The summed E-state index contributed by atoms with van der Waals surface area (Å²) in [5, 5.41) is 4.55. The molecule has 0 saturated heterocycles. The van der Waals surface area contributed by atoms with E-state index in [2.05, 4.69) is 15.0 Å². The molecule has 1 heterocycles. The lowest BCUT2D eigenvalue weighted by atomic mass is 10.1. The number of nitrogens with zero attached hydrogens (tertiary/aromatic N) is 1. The van der Waals surface area contributed by atoms with Crippen LogP contribution in [0.5, 0.6) is 17.2 Å². The van der Waals surface area contributed by atoms with E-state index in [4.69, 9.17) is 9.47 Å². The smallest absolute Gasteiger partial charge is 0.387 e. The van der Waals surface area contributed by atoms with Crippen LogP contribution in [-0.4, -0.2) is 31.7 Å². The molecule has 10 heteroatoms. The van der Waals surface area contributed by atoms with Crippen molar-refractivity contribution in [1.82, 2.24) is 4.98 Å². The number of benzene rings is 2. The molecular weight excluding hydrogens is 409 g/mol. The van der Waals surface area contributed by atoms with Crippen LogP contribution in [0, 0.1) is 5.82 Å². The number of hydrogen-bond acceptors (Lipinski definition) is 6. The lowest BCUT2D eigenvalue weighted by Crippen LogP contribution is -2.12. The maximum absolute atomic E-state index is 13.9. The van der Waals surface area contributed by atoms with Crippen molar-refractivity contribution in [2.24, 2.45) is 0 Å². The Kier molecular flexibility index (Phi) is 6.23. The minimum absolute atomic E-state index is 0.00788. The summed E-state index contributed by atoms with van der Waals surface area (Å²) in [7, 11) is 2.64. The highest BCUT2D eigenvalue weighted by atomic mass is 32.1. The van der Waals surface area contributed by atoms with Gasteiger partial charge < -0.3 is 14.2 Å². The van der Waals surface area contributed by atoms with Gasteiger partial charge in [0.2, 0.25) is 0 Å². The molecule has 1 aromatic heterocycles. The van der Waals surface area contributed by atoms with Gasteiger partial charge in [-0.2, -0.15) is 8.78 Å². The lowest BCUT2D eigenvalue weighted by molar-refractivity contribution is -0.0512. The molecule has 0 aliphatic rings. The zero-order valence-corrected chi connectivity index (χ0v) is 16.1. The van der Waals surface area contributed by atoms with Crippen molar-refractivity contribution >= 4 is 22.4 Å². The Morgan fingerprint density at radius 1 is 1.07 bits per heavy atom. The number of anilines is 1. The third-order valence-corrected chi connectivity index (χ3v) is 4.57. The van der Waals surface area contributed by atoms with Crippen LogP contribution in [0.3, 0.4) is 0 Å². The van der Waals surface area contributed by atoms with E-state index in [0.717, 1.165) is 11.3 Å². The van der Waals surface area contributed by atoms with Crippen LogP contribution in [0.4, 0.5) is 18.3 Å². The fourth-order valence-corrected chi connectivity index (χ4v) is 3.18. The third kappa shape index (κ3) is 4.77. The monoisotopic (exact) mass is 424 g/mol. The molecule has 29 heavy (non-hydrogen) atoms. The molecule has 152 valence electrons. The third-order valence-electron chi connectivity index (χ3n) is 3.81. The van der Waals surface area contributed by atoms with Crippen molar-refractivity contribution in [2.75, 3.05) is 19.5 Å². The van der Waals surface area contributed by atoms with E-state index in [9.17, 15) is 18.0 Å². The van der Waals surface area contributed by atoms with Crippen molar-refractivity contribution in [1.29, 1.82) is 0 Å². The maximum Gasteiger partial charge on any atom is 0.387 e. The zero-order chi connectivity index (χ0) is 21.0. The topological polar surface area (TPSA) is 69.7 Å². The average molecular weight is 424 g/mol. The summed E-state index contributed by atoms with van der Waals surface area (Å²) in [5.74, 6) is -1.12. The van der Waals surface area contributed by atoms with Crippen LogP contribution in [-0.2, 0) is 0 Å². The number of nitrogens with one attached hydrogen (secondary N) is 1. The molecule has 0 bridgehead atoms. The summed E-state index contributed by atoms with van der Waals surface area (Å²) < 4.78 is 52.9. The number of hydrogen-bond donors (Lipinski definition) is 1. The summed E-state index contributed by atoms with van der Waals surface area (Å²) >= 11 is 1.15. The van der Waals surface area contributed by atoms with Crippen molar-refractivity contribution < 1.29 is 32.2 Å². The number of alkyl halides is 2. The Labute approximate surface area is 167 Å². The first kappa shape index (κ1) is 20.5. The van der Waals surface area contributed by atoms with Crippen LogP contribution in [0.15, 0.2) is 41.8 Å². The Morgan fingerprint density at radius 2 is 1.79 bits per heavy atom. The van der Waals surface area contributed by atoms with E-state index < -0.39 is 18.3 Å². The van der Waals surface area contributed by atoms with Gasteiger partial charge in [-0.05, 0) is 36.4 Å². The Morgan fingerprint density at radius 3 is 2.45 bits per heavy atom. The molecule has 0 radical (unpaired) electrons. The minimum Gasteiger partial charge on any atom is -0.494 e. The van der Waals surface area contributed by atoms with Crippen LogP contribution >= 0.6 is 11.3 Å². The molecule has 1 amide bonds. The van der Waals surface area contributed by atoms with Crippen molar-refractivity contribution in [2.45, 2.75) is 6.61 Å². The normalized spacial score (nSPS) is 10.7. The van der Waals surface area contributed by atoms with E-state index in [0.29, 0.717) is 11.3 Å². The molecule has 0 atom stereocenters. The highest BCUT2D eigenvalue weighted by Crippen LogP contribution is 2.31. The van der Waals surface area contributed by atoms with E-state index in [1.165, 1.54) is 44.6 Å². The molecule has 0 unspecified atom stereocenters. The first-order chi connectivity index (χ1) is 13.9. The predicted octanol–water partition coefficient (Wildman–Crippen LogP) is 4.82. The highest BCUT2D eigenvalue weighted by Gasteiger charge is 2.16. The quantitative estimate of drug-likeness (QED) is 0.589. The number of methoxy groups -OCH3 is 2. The average Bonchev–Trinajstić information content (AvgIpc) is 3.16. The Hall–Kier alpha value is -3.27. The van der Waals surface area contributed by atoms with Gasteiger partial charge in [-0.3, -0.25) is 10.1 Å². The molecule has 2 aromatic carbocycles. The Balaban J connectivity index is 1.76. The molecule has 0 aliphatic carbocycles. The van der Waals surface area contributed by atoms with Gasteiger partial charge in [0.25, 0.3) is 5.91 Å². The summed E-state index contributed by atoms with van der Waals surface area (Å²) in [4.78, 5) is 16.7. The first-order valence-electron chi connectivity index (χ1n) is 8.15. The highest BCUT2D eigenvalue weighted by molar-refractivity contribution is 7.14. The summed E-state index contributed by atoms with van der Waals surface area (Å²) in [6.45, 7) is -3.01. The number of rotatable bonds is 7. The number of ether oxygens (including phenoxy) is 3. The lowest BCUT2D eigenvalue weighted by Gasteiger charge is -2.11. The van der Waals surface area contributed by atoms with Crippen LogP contribution in [0.1, 0.15) is 10.4 Å². The van der Waals surface area contributed by atoms with Gasteiger partial charge in [-0.15, -0.1) is 11.3 Å². The summed E-state index contributed by atoms with van der Waals surface area (Å²) in [6, 6.07) is 8.23. The second-order valence-electron chi connectivity index (χ2n) is 5.59. The van der Waals surface area contributed by atoms with Crippen molar-refractivity contribution in [3.8, 4) is 28.5 Å². The number of thiazole rings is 1. The molecule has 0 spiro atoms. The van der Waals surface area contributed by atoms with Gasteiger partial charge in [0, 0.05) is 16.5 Å². The van der Waals surface area contributed by atoms with Gasteiger partial charge in [0.05, 0.1) is 19.9 Å². The maximum atomic E-state index is 13.9. The molecule has 6 nitrogen and oxygen atoms in total. The van der Waals surface area contributed by atoms with Gasteiger partial charge in [0.1, 0.15) is 0 Å². The number of aromatic nitrogens is 1. The first-order valence-corrected chi connectivity index (χ1v) is 9.03. The largest absolute Gasteiger partial charge is 0.494 e. The molecule has 1 N–H and O–H groups in total.